The standard InChI is InChI=1S/C22H21N3O4/c23-8-10-26-16-5-6-18-15(11-16)7-9-25-19(18)12-22(24)28-14-17-13-27-20-3-1-2-4-21(20)29-17/h1-6,11-12,17,24-25H,7,9-10,13-14H2/b19-12-,24-22?. The number of hydrogen-bond acceptors (Lipinski definition) is 7. The minimum absolute atomic E-state index is 0.0235. The predicted octanol–water partition coefficient (Wildman–Crippen LogP) is 2.91. The topological polar surface area (TPSA) is 96.6 Å². The first-order valence-electron chi connectivity index (χ1n) is 9.41. The molecule has 7 heteroatoms. The average molecular weight is 391 g/mol. The van der Waals surface area contributed by atoms with E-state index in [-0.39, 0.29) is 25.2 Å². The molecule has 2 heterocycles. The Morgan fingerprint density at radius 1 is 1.28 bits per heavy atom. The van der Waals surface area contributed by atoms with Crippen LogP contribution < -0.4 is 19.5 Å². The summed E-state index contributed by atoms with van der Waals surface area (Å²) in [7, 11) is 0. The molecule has 0 saturated heterocycles. The molecule has 4 rings (SSSR count). The van der Waals surface area contributed by atoms with E-state index < -0.39 is 0 Å². The molecule has 29 heavy (non-hydrogen) atoms. The average Bonchev–Trinajstić information content (AvgIpc) is 2.76. The Labute approximate surface area is 169 Å². The lowest BCUT2D eigenvalue weighted by Crippen LogP contribution is -2.34. The predicted molar refractivity (Wildman–Crippen MR) is 107 cm³/mol. The highest BCUT2D eigenvalue weighted by atomic mass is 16.6. The molecule has 0 saturated carbocycles. The highest BCUT2D eigenvalue weighted by molar-refractivity contribution is 5.93. The van der Waals surface area contributed by atoms with Gasteiger partial charge in [0.15, 0.2) is 24.2 Å². The van der Waals surface area contributed by atoms with Crippen LogP contribution in [-0.4, -0.2) is 38.4 Å². The molecule has 2 aromatic carbocycles. The van der Waals surface area contributed by atoms with Gasteiger partial charge in [0.05, 0.1) is 0 Å². The molecule has 2 aliphatic heterocycles. The van der Waals surface area contributed by atoms with Crippen LogP contribution in [0, 0.1) is 16.7 Å². The van der Waals surface area contributed by atoms with Gasteiger partial charge in [0, 0.05) is 23.9 Å². The second-order valence-electron chi connectivity index (χ2n) is 6.67. The quantitative estimate of drug-likeness (QED) is 0.601. The van der Waals surface area contributed by atoms with Crippen LogP contribution in [0.15, 0.2) is 48.5 Å². The van der Waals surface area contributed by atoms with E-state index in [1.54, 1.807) is 6.08 Å². The first kappa shape index (κ1) is 18.7. The van der Waals surface area contributed by atoms with Crippen molar-refractivity contribution in [3.63, 3.8) is 0 Å². The van der Waals surface area contributed by atoms with E-state index in [4.69, 9.17) is 29.6 Å². The molecule has 0 radical (unpaired) electrons. The van der Waals surface area contributed by atoms with E-state index in [0.717, 1.165) is 35.5 Å². The molecule has 7 nitrogen and oxygen atoms in total. The summed E-state index contributed by atoms with van der Waals surface area (Å²) in [6, 6.07) is 15.2. The first-order chi connectivity index (χ1) is 14.2. The summed E-state index contributed by atoms with van der Waals surface area (Å²) in [5.74, 6) is 2.14. The summed E-state index contributed by atoms with van der Waals surface area (Å²) in [6.07, 6.45) is 2.25. The van der Waals surface area contributed by atoms with E-state index in [1.165, 1.54) is 0 Å². The number of fused-ring (bicyclic) bond motifs is 2. The van der Waals surface area contributed by atoms with Crippen molar-refractivity contribution in [2.45, 2.75) is 12.5 Å². The van der Waals surface area contributed by atoms with Gasteiger partial charge in [0.25, 0.3) is 0 Å². The van der Waals surface area contributed by atoms with Crippen molar-refractivity contribution in [1.29, 1.82) is 10.7 Å². The SMILES string of the molecule is N#CCOc1ccc2c(c1)CCN/C2=C\C(=N)OCC1COc2ccccc2O1. The number of hydrogen-bond donors (Lipinski definition) is 2. The lowest BCUT2D eigenvalue weighted by atomic mass is 9.97. The molecule has 0 aliphatic carbocycles. The van der Waals surface area contributed by atoms with Gasteiger partial charge in [-0.15, -0.1) is 0 Å². The van der Waals surface area contributed by atoms with E-state index in [1.807, 2.05) is 48.5 Å². The van der Waals surface area contributed by atoms with Gasteiger partial charge in [-0.25, -0.2) is 0 Å². The molecular formula is C22H21N3O4. The summed E-state index contributed by atoms with van der Waals surface area (Å²) in [4.78, 5) is 0. The summed E-state index contributed by atoms with van der Waals surface area (Å²) in [6.45, 7) is 1.39. The van der Waals surface area contributed by atoms with E-state index in [2.05, 4.69) is 5.32 Å². The fourth-order valence-electron chi connectivity index (χ4n) is 3.30. The van der Waals surface area contributed by atoms with Crippen LogP contribution in [0.25, 0.3) is 5.70 Å². The lowest BCUT2D eigenvalue weighted by molar-refractivity contribution is 0.0500. The Kier molecular flexibility index (Phi) is 5.52. The number of ether oxygens (including phenoxy) is 4. The zero-order chi connectivity index (χ0) is 20.1. The van der Waals surface area contributed by atoms with Crippen LogP contribution in [0.1, 0.15) is 11.1 Å². The van der Waals surface area contributed by atoms with Crippen molar-refractivity contribution in [1.82, 2.24) is 5.32 Å². The van der Waals surface area contributed by atoms with Crippen molar-refractivity contribution < 1.29 is 18.9 Å². The second kappa shape index (κ2) is 8.57. The Bertz CT molecular complexity index is 980. The molecule has 1 atom stereocenters. The molecule has 0 amide bonds. The van der Waals surface area contributed by atoms with Gasteiger partial charge >= 0.3 is 0 Å². The third kappa shape index (κ3) is 4.43. The maximum Gasteiger partial charge on any atom is 0.207 e. The van der Waals surface area contributed by atoms with Crippen LogP contribution in [0.5, 0.6) is 17.2 Å². The number of para-hydroxylation sites is 2. The molecule has 2 aromatic rings. The maximum atomic E-state index is 8.65. The minimum Gasteiger partial charge on any atom is -0.486 e. The van der Waals surface area contributed by atoms with Crippen LogP contribution in [-0.2, 0) is 11.2 Å². The van der Waals surface area contributed by atoms with Crippen LogP contribution in [0.4, 0.5) is 0 Å². The fourth-order valence-corrected chi connectivity index (χ4v) is 3.30. The summed E-state index contributed by atoms with van der Waals surface area (Å²) in [5, 5.41) is 20.1. The molecule has 0 fully saturated rings. The molecule has 0 bridgehead atoms. The van der Waals surface area contributed by atoms with Crippen molar-refractivity contribution in [2.24, 2.45) is 0 Å². The van der Waals surface area contributed by atoms with Gasteiger partial charge in [-0.3, -0.25) is 5.41 Å². The normalized spacial score (nSPS) is 18.2. The van der Waals surface area contributed by atoms with E-state index in [9.17, 15) is 0 Å². The first-order valence-corrected chi connectivity index (χ1v) is 9.41. The number of benzene rings is 2. The van der Waals surface area contributed by atoms with Crippen molar-refractivity contribution >= 4 is 11.6 Å². The molecule has 148 valence electrons. The van der Waals surface area contributed by atoms with Gasteiger partial charge in [-0.1, -0.05) is 12.1 Å². The zero-order valence-electron chi connectivity index (χ0n) is 15.8. The lowest BCUT2D eigenvalue weighted by Gasteiger charge is -2.26. The van der Waals surface area contributed by atoms with Gasteiger partial charge < -0.3 is 24.3 Å². The Balaban J connectivity index is 1.38. The largest absolute Gasteiger partial charge is 0.486 e. The van der Waals surface area contributed by atoms with E-state index in [0.29, 0.717) is 18.1 Å². The minimum atomic E-state index is -0.268. The summed E-state index contributed by atoms with van der Waals surface area (Å²) >= 11 is 0. The van der Waals surface area contributed by atoms with Crippen LogP contribution >= 0.6 is 0 Å². The molecule has 2 aliphatic rings. The highest BCUT2D eigenvalue weighted by Crippen LogP contribution is 2.31. The molecule has 2 N–H and O–H groups in total. The number of nitrogens with one attached hydrogen (secondary N) is 2. The molecule has 0 spiro atoms. The van der Waals surface area contributed by atoms with Crippen molar-refractivity contribution in [2.75, 3.05) is 26.4 Å². The maximum absolute atomic E-state index is 8.65. The van der Waals surface area contributed by atoms with Crippen LogP contribution in [0.3, 0.4) is 0 Å². The number of nitrogens with zero attached hydrogens (tertiary/aromatic N) is 1. The Morgan fingerprint density at radius 3 is 3.00 bits per heavy atom. The summed E-state index contributed by atoms with van der Waals surface area (Å²) < 4.78 is 22.5. The van der Waals surface area contributed by atoms with Gasteiger partial charge in [-0.05, 0) is 42.3 Å². The Morgan fingerprint density at radius 2 is 2.14 bits per heavy atom. The van der Waals surface area contributed by atoms with E-state index >= 15 is 0 Å². The van der Waals surface area contributed by atoms with Gasteiger partial charge in [-0.2, -0.15) is 5.26 Å². The monoisotopic (exact) mass is 391 g/mol. The third-order valence-corrected chi connectivity index (χ3v) is 4.65. The smallest absolute Gasteiger partial charge is 0.207 e. The zero-order valence-corrected chi connectivity index (χ0v) is 15.8. The summed E-state index contributed by atoms with van der Waals surface area (Å²) in [5.41, 5.74) is 2.94. The molecule has 0 aromatic heterocycles. The molecule has 1 unspecified atom stereocenters. The number of rotatable bonds is 5. The second-order valence-corrected chi connectivity index (χ2v) is 6.67. The third-order valence-electron chi connectivity index (χ3n) is 4.65. The highest BCUT2D eigenvalue weighted by Gasteiger charge is 2.22. The number of nitriles is 1. The van der Waals surface area contributed by atoms with Crippen molar-refractivity contribution in [3.8, 4) is 23.3 Å². The fraction of sp³-hybridized carbons (Fsp3) is 0.273. The van der Waals surface area contributed by atoms with Crippen molar-refractivity contribution in [3.05, 3.63) is 59.7 Å². The van der Waals surface area contributed by atoms with Crippen LogP contribution in [0.2, 0.25) is 0 Å². The van der Waals surface area contributed by atoms with Gasteiger partial charge in [0.1, 0.15) is 25.0 Å². The molecular weight excluding hydrogens is 370 g/mol. The Hall–Kier alpha value is -3.66. The van der Waals surface area contributed by atoms with Gasteiger partial charge in [0.2, 0.25) is 5.90 Å².